The van der Waals surface area contributed by atoms with Crippen LogP contribution in [0.15, 0.2) is 25.3 Å². The highest BCUT2D eigenvalue weighted by molar-refractivity contribution is 9.09. The summed E-state index contributed by atoms with van der Waals surface area (Å²) in [4.78, 5) is 3.78. The number of aromatic nitrogens is 2. The highest BCUT2D eigenvalue weighted by Crippen LogP contribution is 1.99. The summed E-state index contributed by atoms with van der Waals surface area (Å²) in [5, 5.41) is 1.17. The van der Waals surface area contributed by atoms with Crippen LogP contribution < -0.4 is 0 Å². The maximum absolute atomic E-state index is 3.78. The van der Waals surface area contributed by atoms with E-state index in [0.29, 0.717) is 0 Å². The van der Waals surface area contributed by atoms with Crippen LogP contribution in [0.5, 0.6) is 0 Å². The van der Waals surface area contributed by atoms with Crippen LogP contribution in [0, 0.1) is 0 Å². The van der Waals surface area contributed by atoms with Crippen molar-refractivity contribution in [2.24, 2.45) is 0 Å². The minimum atomic E-state index is 1.17. The van der Waals surface area contributed by atoms with E-state index < -0.39 is 0 Å². The Kier molecular flexibility index (Phi) is 10.1. The van der Waals surface area contributed by atoms with E-state index in [1.165, 1.54) is 31.0 Å². The molecule has 14 heavy (non-hydrogen) atoms. The molecule has 0 fully saturated rings. The van der Waals surface area contributed by atoms with Gasteiger partial charge in [0.2, 0.25) is 0 Å². The van der Waals surface area contributed by atoms with E-state index in [9.17, 15) is 0 Å². The van der Waals surface area contributed by atoms with E-state index in [1.807, 2.05) is 6.20 Å². The third-order valence-corrected chi connectivity index (χ3v) is 2.28. The SMILES string of the molecule is C=Cn1ccnc1.CCCCCCBr. The second kappa shape index (κ2) is 10.5. The van der Waals surface area contributed by atoms with Crippen LogP contribution in [0.4, 0.5) is 0 Å². The van der Waals surface area contributed by atoms with Crippen molar-refractivity contribution in [3.8, 4) is 0 Å². The zero-order valence-electron chi connectivity index (χ0n) is 8.82. The first-order valence-electron chi connectivity index (χ1n) is 5.01. The molecule has 0 saturated heterocycles. The normalized spacial score (nSPS) is 9.00. The average Bonchev–Trinajstić information content (AvgIpc) is 2.72. The van der Waals surface area contributed by atoms with Crippen molar-refractivity contribution in [3.63, 3.8) is 0 Å². The summed E-state index contributed by atoms with van der Waals surface area (Å²) in [5.74, 6) is 0. The fourth-order valence-electron chi connectivity index (χ4n) is 0.899. The molecule has 0 saturated carbocycles. The van der Waals surface area contributed by atoms with Gasteiger partial charge in [0.15, 0.2) is 0 Å². The van der Waals surface area contributed by atoms with Crippen molar-refractivity contribution in [2.75, 3.05) is 5.33 Å². The van der Waals surface area contributed by atoms with Crippen LogP contribution in [0.1, 0.15) is 32.6 Å². The maximum atomic E-state index is 3.78. The van der Waals surface area contributed by atoms with Gasteiger partial charge in [-0.2, -0.15) is 0 Å². The summed E-state index contributed by atoms with van der Waals surface area (Å²) in [6.45, 7) is 5.76. The molecule has 80 valence electrons. The smallest absolute Gasteiger partial charge is 0.0986 e. The predicted molar refractivity (Wildman–Crippen MR) is 66.6 cm³/mol. The second-order valence-corrected chi connectivity index (χ2v) is 3.74. The maximum Gasteiger partial charge on any atom is 0.0986 e. The molecule has 2 nitrogen and oxygen atoms in total. The molecule has 0 bridgehead atoms. The highest BCUT2D eigenvalue weighted by Gasteiger charge is 1.81. The first-order chi connectivity index (χ1) is 6.85. The fourth-order valence-corrected chi connectivity index (χ4v) is 1.30. The van der Waals surface area contributed by atoms with Gasteiger partial charge in [-0.15, -0.1) is 0 Å². The molecule has 0 unspecified atom stereocenters. The van der Waals surface area contributed by atoms with E-state index in [0.717, 1.165) is 0 Å². The van der Waals surface area contributed by atoms with Gasteiger partial charge in [0.1, 0.15) is 0 Å². The summed E-state index contributed by atoms with van der Waals surface area (Å²) in [6, 6.07) is 0. The quantitative estimate of drug-likeness (QED) is 0.578. The molecule has 0 N–H and O–H groups in total. The second-order valence-electron chi connectivity index (χ2n) is 2.94. The molecule has 0 amide bonds. The van der Waals surface area contributed by atoms with E-state index in [2.05, 4.69) is 34.4 Å². The van der Waals surface area contributed by atoms with Crippen LogP contribution in [0.3, 0.4) is 0 Å². The van der Waals surface area contributed by atoms with E-state index >= 15 is 0 Å². The van der Waals surface area contributed by atoms with Crippen molar-refractivity contribution < 1.29 is 0 Å². The average molecular weight is 259 g/mol. The van der Waals surface area contributed by atoms with Gasteiger partial charge in [0.25, 0.3) is 0 Å². The van der Waals surface area contributed by atoms with E-state index in [4.69, 9.17) is 0 Å². The van der Waals surface area contributed by atoms with Crippen molar-refractivity contribution in [3.05, 3.63) is 25.3 Å². The van der Waals surface area contributed by atoms with Gasteiger partial charge in [-0.05, 0) is 6.42 Å². The minimum Gasteiger partial charge on any atom is -0.314 e. The lowest BCUT2D eigenvalue weighted by atomic mass is 10.2. The number of nitrogens with zero attached hydrogens (tertiary/aromatic N) is 2. The van der Waals surface area contributed by atoms with Gasteiger partial charge in [0, 0.05) is 23.9 Å². The van der Waals surface area contributed by atoms with Crippen molar-refractivity contribution in [1.29, 1.82) is 0 Å². The van der Waals surface area contributed by atoms with Gasteiger partial charge in [-0.3, -0.25) is 0 Å². The van der Waals surface area contributed by atoms with Crippen molar-refractivity contribution in [1.82, 2.24) is 9.55 Å². The van der Waals surface area contributed by atoms with Gasteiger partial charge >= 0.3 is 0 Å². The van der Waals surface area contributed by atoms with Crippen molar-refractivity contribution >= 4 is 22.1 Å². The Hall–Kier alpha value is -0.570. The largest absolute Gasteiger partial charge is 0.314 e. The standard InChI is InChI=1S/C6H13Br.C5H6N2/c1-2-3-4-5-6-7;1-2-7-4-3-6-5-7/h2-6H2,1H3;2-5H,1H2. The minimum absolute atomic E-state index is 1.17. The van der Waals surface area contributed by atoms with E-state index in [1.54, 1.807) is 23.3 Å². The number of hydrogen-bond donors (Lipinski definition) is 0. The molecule has 1 aromatic heterocycles. The van der Waals surface area contributed by atoms with Crippen LogP contribution in [0.25, 0.3) is 6.20 Å². The molecule has 0 aliphatic rings. The number of hydrogen-bond acceptors (Lipinski definition) is 1. The van der Waals surface area contributed by atoms with Gasteiger partial charge in [-0.25, -0.2) is 4.98 Å². The molecule has 3 heteroatoms. The molecule has 1 aromatic rings. The Morgan fingerprint density at radius 2 is 2.21 bits per heavy atom. The van der Waals surface area contributed by atoms with Gasteiger partial charge in [0.05, 0.1) is 6.33 Å². The summed E-state index contributed by atoms with van der Waals surface area (Å²) in [5.41, 5.74) is 0. The summed E-state index contributed by atoms with van der Waals surface area (Å²) in [7, 11) is 0. The Morgan fingerprint density at radius 3 is 2.57 bits per heavy atom. The lowest BCUT2D eigenvalue weighted by molar-refractivity contribution is 0.708. The number of imidazole rings is 1. The van der Waals surface area contributed by atoms with Gasteiger partial charge < -0.3 is 4.57 Å². The molecule has 1 rings (SSSR count). The molecule has 0 spiro atoms. The molecule has 0 aromatic carbocycles. The summed E-state index contributed by atoms with van der Waals surface area (Å²) in [6.07, 6.45) is 12.4. The van der Waals surface area contributed by atoms with Crippen LogP contribution in [-0.2, 0) is 0 Å². The number of unbranched alkanes of at least 4 members (excludes halogenated alkanes) is 3. The zero-order valence-corrected chi connectivity index (χ0v) is 10.4. The molecule has 0 atom stereocenters. The third-order valence-electron chi connectivity index (χ3n) is 1.72. The number of rotatable bonds is 5. The van der Waals surface area contributed by atoms with Crippen molar-refractivity contribution in [2.45, 2.75) is 32.6 Å². The van der Waals surface area contributed by atoms with Crippen LogP contribution in [0.2, 0.25) is 0 Å². The molecular weight excluding hydrogens is 240 g/mol. The first kappa shape index (κ1) is 13.4. The molecule has 0 aliphatic heterocycles. The first-order valence-corrected chi connectivity index (χ1v) is 6.13. The summed E-state index contributed by atoms with van der Waals surface area (Å²) < 4.78 is 1.78. The Labute approximate surface area is 95.2 Å². The molecular formula is C11H19BrN2. The molecule has 1 heterocycles. The summed E-state index contributed by atoms with van der Waals surface area (Å²) >= 11 is 3.38. The number of halogens is 1. The zero-order chi connectivity index (χ0) is 10.6. The number of alkyl halides is 1. The Bertz CT molecular complexity index is 203. The lowest BCUT2D eigenvalue weighted by Gasteiger charge is -1.89. The fraction of sp³-hybridized carbons (Fsp3) is 0.545. The lowest BCUT2D eigenvalue weighted by Crippen LogP contribution is -1.73. The topological polar surface area (TPSA) is 17.8 Å². The monoisotopic (exact) mass is 258 g/mol. The highest BCUT2D eigenvalue weighted by atomic mass is 79.9. The van der Waals surface area contributed by atoms with Gasteiger partial charge in [-0.1, -0.05) is 48.7 Å². The van der Waals surface area contributed by atoms with Crippen LogP contribution >= 0.6 is 15.9 Å². The Morgan fingerprint density at radius 1 is 1.43 bits per heavy atom. The Balaban J connectivity index is 0.000000241. The molecule has 0 aliphatic carbocycles. The van der Waals surface area contributed by atoms with E-state index in [-0.39, 0.29) is 0 Å². The van der Waals surface area contributed by atoms with Crippen LogP contribution in [-0.4, -0.2) is 14.9 Å². The third kappa shape index (κ3) is 8.05. The molecule has 0 radical (unpaired) electrons. The predicted octanol–water partition coefficient (Wildman–Crippen LogP) is 3.95.